The van der Waals surface area contributed by atoms with Gasteiger partial charge in [0, 0.05) is 23.5 Å². The van der Waals surface area contributed by atoms with Crippen molar-refractivity contribution in [3.8, 4) is 11.1 Å². The zero-order valence-corrected chi connectivity index (χ0v) is 22.1. The third-order valence-electron chi connectivity index (χ3n) is 6.75. The quantitative estimate of drug-likeness (QED) is 0.249. The molecular weight excluding hydrogens is 487 g/mol. The molecule has 1 atom stereocenters. The molecule has 0 saturated heterocycles. The van der Waals surface area contributed by atoms with Crippen molar-refractivity contribution in [1.29, 1.82) is 0 Å². The molecule has 0 unspecified atom stereocenters. The molecule has 1 aromatic heterocycles. The molecule has 4 rings (SSSR count). The van der Waals surface area contributed by atoms with E-state index in [-0.39, 0.29) is 43.2 Å². The molecule has 0 bridgehead atoms. The fourth-order valence-electron chi connectivity index (χ4n) is 4.56. The predicted octanol–water partition coefficient (Wildman–Crippen LogP) is 4.02. The van der Waals surface area contributed by atoms with Crippen LogP contribution in [0.4, 0.5) is 21.0 Å². The number of halogens is 1. The second-order valence-corrected chi connectivity index (χ2v) is 10.7. The number of nitrogens with one attached hydrogen (secondary N) is 4. The highest BCUT2D eigenvalue weighted by atomic mass is 19.1. The van der Waals surface area contributed by atoms with Gasteiger partial charge in [-0.2, -0.15) is 4.98 Å². The number of fused-ring (bicyclic) bond motifs is 1. The van der Waals surface area contributed by atoms with Crippen LogP contribution in [-0.2, 0) is 0 Å². The van der Waals surface area contributed by atoms with E-state index < -0.39 is 5.54 Å². The lowest BCUT2D eigenvalue weighted by molar-refractivity contribution is 0.178. The van der Waals surface area contributed by atoms with Crippen molar-refractivity contribution in [1.82, 2.24) is 20.6 Å². The Labute approximate surface area is 222 Å². The number of carbonyl (C=O) groups excluding carboxylic acids is 1. The van der Waals surface area contributed by atoms with Crippen LogP contribution in [0, 0.1) is 5.82 Å². The van der Waals surface area contributed by atoms with Crippen molar-refractivity contribution in [3.05, 3.63) is 48.3 Å². The van der Waals surface area contributed by atoms with Crippen LogP contribution in [0.1, 0.15) is 46.5 Å². The van der Waals surface area contributed by atoms with Crippen molar-refractivity contribution in [2.75, 3.05) is 23.8 Å². The van der Waals surface area contributed by atoms with Crippen LogP contribution in [0.5, 0.6) is 0 Å². The average molecular weight is 525 g/mol. The first-order valence-electron chi connectivity index (χ1n) is 13.1. The SMILES string of the molecule is C[C@H](CO)Nc1nc(NC2CCC(NC(=O)NC(C)(C)CO)CC2)c2cc(-c3cccc(F)c3)ccc2n1. The molecule has 0 radical (unpaired) electrons. The topological polar surface area (TPSA) is 131 Å². The molecule has 1 heterocycles. The van der Waals surface area contributed by atoms with E-state index in [1.54, 1.807) is 19.9 Å². The smallest absolute Gasteiger partial charge is 0.315 e. The van der Waals surface area contributed by atoms with Crippen molar-refractivity contribution >= 4 is 28.7 Å². The number of urea groups is 1. The molecule has 3 aromatic rings. The van der Waals surface area contributed by atoms with Gasteiger partial charge in [0.15, 0.2) is 0 Å². The Balaban J connectivity index is 1.52. The first-order chi connectivity index (χ1) is 18.2. The lowest BCUT2D eigenvalue weighted by Gasteiger charge is -2.31. The maximum absolute atomic E-state index is 13.9. The minimum atomic E-state index is -0.680. The number of anilines is 2. The highest BCUT2D eigenvalue weighted by Crippen LogP contribution is 2.31. The number of aliphatic hydroxyl groups excluding tert-OH is 2. The first kappa shape index (κ1) is 27.5. The molecule has 1 saturated carbocycles. The molecule has 2 aromatic carbocycles. The predicted molar refractivity (Wildman–Crippen MR) is 148 cm³/mol. The van der Waals surface area contributed by atoms with E-state index in [1.165, 1.54) is 12.1 Å². The van der Waals surface area contributed by atoms with Crippen LogP contribution >= 0.6 is 0 Å². The fourth-order valence-corrected chi connectivity index (χ4v) is 4.56. The lowest BCUT2D eigenvalue weighted by atomic mass is 9.91. The van der Waals surface area contributed by atoms with E-state index in [0.717, 1.165) is 47.7 Å². The van der Waals surface area contributed by atoms with Gasteiger partial charge in [0.25, 0.3) is 0 Å². The van der Waals surface area contributed by atoms with Gasteiger partial charge in [-0.25, -0.2) is 14.2 Å². The highest BCUT2D eigenvalue weighted by molar-refractivity contribution is 5.93. The first-order valence-corrected chi connectivity index (χ1v) is 13.1. The van der Waals surface area contributed by atoms with E-state index >= 15 is 0 Å². The number of carbonyl (C=O) groups is 1. The molecule has 204 valence electrons. The molecule has 0 aliphatic heterocycles. The van der Waals surface area contributed by atoms with Gasteiger partial charge in [-0.1, -0.05) is 18.2 Å². The summed E-state index contributed by atoms with van der Waals surface area (Å²) in [7, 11) is 0. The summed E-state index contributed by atoms with van der Waals surface area (Å²) >= 11 is 0. The molecule has 6 N–H and O–H groups in total. The molecule has 2 amide bonds. The zero-order chi connectivity index (χ0) is 27.3. The van der Waals surface area contributed by atoms with Gasteiger partial charge >= 0.3 is 6.03 Å². The second kappa shape index (κ2) is 11.9. The van der Waals surface area contributed by atoms with Gasteiger partial charge in [0.2, 0.25) is 5.95 Å². The normalized spacial score (nSPS) is 18.6. The van der Waals surface area contributed by atoms with E-state index in [9.17, 15) is 19.4 Å². The Kier molecular flexibility index (Phi) is 8.63. The number of nitrogens with zero attached hydrogens (tertiary/aromatic N) is 2. The maximum Gasteiger partial charge on any atom is 0.315 e. The standard InChI is InChI=1S/C28H37FN6O3/c1-17(15-36)30-26-33-24-12-7-19(18-5-4-6-20(29)13-18)14-23(24)25(34-26)31-21-8-10-22(11-9-21)32-27(38)35-28(2,3)16-37/h4-7,12-14,17,21-22,36-37H,8-11,15-16H2,1-3H3,(H2,32,35,38)(H2,30,31,33,34)/t17-,21?,22?/m1/s1. The molecule has 0 spiro atoms. The van der Waals surface area contributed by atoms with Gasteiger partial charge in [-0.15, -0.1) is 0 Å². The monoisotopic (exact) mass is 524 g/mol. The summed E-state index contributed by atoms with van der Waals surface area (Å²) in [5.41, 5.74) is 1.68. The van der Waals surface area contributed by atoms with Crippen LogP contribution in [0.2, 0.25) is 0 Å². The van der Waals surface area contributed by atoms with Crippen molar-refractivity contribution in [3.63, 3.8) is 0 Å². The Bertz CT molecular complexity index is 1260. The number of aliphatic hydroxyl groups is 2. The molecule has 10 heteroatoms. The third-order valence-corrected chi connectivity index (χ3v) is 6.75. The summed E-state index contributed by atoms with van der Waals surface area (Å²) in [4.78, 5) is 21.7. The zero-order valence-electron chi connectivity index (χ0n) is 22.1. The second-order valence-electron chi connectivity index (χ2n) is 10.7. The average Bonchev–Trinajstić information content (AvgIpc) is 2.89. The fraction of sp³-hybridized carbons (Fsp3) is 0.464. The van der Waals surface area contributed by atoms with E-state index in [2.05, 4.69) is 26.3 Å². The van der Waals surface area contributed by atoms with Crippen molar-refractivity contribution < 1.29 is 19.4 Å². The number of amides is 2. The maximum atomic E-state index is 13.9. The van der Waals surface area contributed by atoms with Gasteiger partial charge in [0.05, 0.1) is 24.3 Å². The van der Waals surface area contributed by atoms with Gasteiger partial charge < -0.3 is 31.5 Å². The van der Waals surface area contributed by atoms with Crippen LogP contribution in [-0.4, -0.2) is 63.1 Å². The lowest BCUT2D eigenvalue weighted by Crippen LogP contribution is -2.53. The summed E-state index contributed by atoms with van der Waals surface area (Å²) in [6, 6.07) is 11.9. The van der Waals surface area contributed by atoms with Crippen molar-refractivity contribution in [2.45, 2.75) is 70.1 Å². The number of hydrogen-bond acceptors (Lipinski definition) is 7. The van der Waals surface area contributed by atoms with Gasteiger partial charge in [-0.05, 0) is 81.8 Å². The van der Waals surface area contributed by atoms with E-state index in [0.29, 0.717) is 11.8 Å². The van der Waals surface area contributed by atoms with E-state index in [1.807, 2.05) is 31.2 Å². The molecule has 1 aliphatic rings. The Morgan fingerprint density at radius 3 is 2.45 bits per heavy atom. The Morgan fingerprint density at radius 2 is 1.76 bits per heavy atom. The summed E-state index contributed by atoms with van der Waals surface area (Å²) in [6.45, 7) is 5.19. The summed E-state index contributed by atoms with van der Waals surface area (Å²) in [5.74, 6) is 0.784. The molecule has 1 aliphatic carbocycles. The van der Waals surface area contributed by atoms with Crippen molar-refractivity contribution in [2.24, 2.45) is 0 Å². The largest absolute Gasteiger partial charge is 0.394 e. The summed E-state index contributed by atoms with van der Waals surface area (Å²) in [6.07, 6.45) is 3.27. The van der Waals surface area contributed by atoms with Gasteiger partial charge in [-0.3, -0.25) is 0 Å². The Morgan fingerprint density at radius 1 is 1.05 bits per heavy atom. The number of aromatic nitrogens is 2. The van der Waals surface area contributed by atoms with Crippen LogP contribution in [0.25, 0.3) is 22.0 Å². The molecular formula is C28H37FN6O3. The third kappa shape index (κ3) is 7.08. The molecule has 9 nitrogen and oxygen atoms in total. The Hall–Kier alpha value is -3.50. The number of rotatable bonds is 9. The molecule has 38 heavy (non-hydrogen) atoms. The van der Waals surface area contributed by atoms with Crippen LogP contribution in [0.15, 0.2) is 42.5 Å². The summed E-state index contributed by atoms with van der Waals surface area (Å²) in [5, 5.41) is 32.2. The number of hydrogen-bond donors (Lipinski definition) is 6. The minimum Gasteiger partial charge on any atom is -0.394 e. The van der Waals surface area contributed by atoms with Crippen LogP contribution < -0.4 is 21.3 Å². The molecule has 1 fully saturated rings. The van der Waals surface area contributed by atoms with E-state index in [4.69, 9.17) is 4.98 Å². The number of benzene rings is 2. The van der Waals surface area contributed by atoms with Crippen LogP contribution in [0.3, 0.4) is 0 Å². The minimum absolute atomic E-state index is 0.0481. The van der Waals surface area contributed by atoms with Gasteiger partial charge in [0.1, 0.15) is 11.6 Å². The summed E-state index contributed by atoms with van der Waals surface area (Å²) < 4.78 is 13.9. The highest BCUT2D eigenvalue weighted by Gasteiger charge is 2.26.